The number of hydrogen-bond donors (Lipinski definition) is 1. The van der Waals surface area contributed by atoms with Crippen LogP contribution in [0.5, 0.6) is 0 Å². The number of carbonyl (C=O) groups excluding carboxylic acids is 3. The molecule has 2 aliphatic heterocycles. The molecule has 7 nitrogen and oxygen atoms in total. The molecule has 3 aliphatic rings. The maximum absolute atomic E-state index is 12.9. The molecule has 7 heteroatoms. The number of benzene rings is 1. The van der Waals surface area contributed by atoms with Gasteiger partial charge in [-0.25, -0.2) is 4.79 Å². The minimum atomic E-state index is -0.868. The molecule has 0 unspecified atom stereocenters. The van der Waals surface area contributed by atoms with Crippen molar-refractivity contribution in [3.63, 3.8) is 0 Å². The minimum absolute atomic E-state index is 0.00240. The van der Waals surface area contributed by atoms with E-state index in [9.17, 15) is 14.4 Å². The van der Waals surface area contributed by atoms with E-state index >= 15 is 0 Å². The second kappa shape index (κ2) is 6.90. The topological polar surface area (TPSA) is 88.1 Å². The lowest BCUT2D eigenvalue weighted by Gasteiger charge is -2.30. The molecule has 136 valence electrons. The van der Waals surface area contributed by atoms with Gasteiger partial charge in [0.25, 0.3) is 5.91 Å². The van der Waals surface area contributed by atoms with Crippen LogP contribution < -0.4 is 5.43 Å². The molecule has 1 aromatic rings. The molecule has 0 bridgehead atoms. The lowest BCUT2D eigenvalue weighted by Crippen LogP contribution is -2.44. The van der Waals surface area contributed by atoms with Crippen molar-refractivity contribution in [2.45, 2.75) is 50.8 Å². The Bertz CT molecular complexity index is 755. The molecule has 1 saturated heterocycles. The van der Waals surface area contributed by atoms with Crippen molar-refractivity contribution in [1.29, 1.82) is 0 Å². The van der Waals surface area contributed by atoms with Gasteiger partial charge in [0.15, 0.2) is 5.71 Å². The number of carbonyl (C=O) groups is 3. The van der Waals surface area contributed by atoms with Gasteiger partial charge in [0.2, 0.25) is 5.91 Å². The highest BCUT2D eigenvalue weighted by molar-refractivity contribution is 6.44. The SMILES string of the molecule is O=C(OCc1ccccc1)C1=NN[C@H]2C(=O)N(C3CCCCC3)C(=O)[C@H]12. The summed E-state index contributed by atoms with van der Waals surface area (Å²) in [6, 6.07) is 8.45. The summed E-state index contributed by atoms with van der Waals surface area (Å²) in [5.41, 5.74) is 3.52. The quantitative estimate of drug-likeness (QED) is 0.651. The fourth-order valence-electron chi connectivity index (χ4n) is 3.98. The van der Waals surface area contributed by atoms with E-state index in [1.807, 2.05) is 30.3 Å². The number of hydrazone groups is 1. The number of rotatable bonds is 4. The van der Waals surface area contributed by atoms with E-state index in [1.165, 1.54) is 4.90 Å². The molecule has 2 atom stereocenters. The van der Waals surface area contributed by atoms with E-state index in [1.54, 1.807) is 0 Å². The molecule has 0 radical (unpaired) electrons. The van der Waals surface area contributed by atoms with E-state index in [0.717, 1.165) is 37.7 Å². The Morgan fingerprint density at radius 3 is 2.58 bits per heavy atom. The molecule has 2 fully saturated rings. The molecule has 0 spiro atoms. The van der Waals surface area contributed by atoms with Crippen LogP contribution in [0, 0.1) is 5.92 Å². The predicted molar refractivity (Wildman–Crippen MR) is 92.8 cm³/mol. The van der Waals surface area contributed by atoms with Crippen molar-refractivity contribution in [3.8, 4) is 0 Å². The van der Waals surface area contributed by atoms with Crippen LogP contribution in [0.1, 0.15) is 37.7 Å². The molecule has 1 saturated carbocycles. The van der Waals surface area contributed by atoms with E-state index in [-0.39, 0.29) is 30.2 Å². The Morgan fingerprint density at radius 1 is 1.12 bits per heavy atom. The molecule has 0 aromatic heterocycles. The standard InChI is InChI=1S/C19H21N3O4/c23-17-14-15(18(24)22(17)13-9-5-2-6-10-13)20-21-16(14)19(25)26-11-12-7-3-1-4-8-12/h1,3-4,7-8,13-15,20H,2,5-6,9-11H2/t14-,15+/m0/s1. The first-order chi connectivity index (χ1) is 12.7. The van der Waals surface area contributed by atoms with Crippen molar-refractivity contribution < 1.29 is 19.1 Å². The third-order valence-electron chi connectivity index (χ3n) is 5.32. The Balaban J connectivity index is 1.45. The number of likely N-dealkylation sites (tertiary alicyclic amines) is 1. The van der Waals surface area contributed by atoms with E-state index < -0.39 is 17.9 Å². The van der Waals surface area contributed by atoms with Crippen LogP contribution in [0.2, 0.25) is 0 Å². The second-order valence-corrected chi connectivity index (χ2v) is 6.98. The Morgan fingerprint density at radius 2 is 1.85 bits per heavy atom. The summed E-state index contributed by atoms with van der Waals surface area (Å²) in [4.78, 5) is 39.3. The van der Waals surface area contributed by atoms with Crippen molar-refractivity contribution in [2.75, 3.05) is 0 Å². The zero-order valence-corrected chi connectivity index (χ0v) is 14.4. The number of ether oxygens (including phenoxy) is 1. The maximum atomic E-state index is 12.9. The predicted octanol–water partition coefficient (Wildman–Crippen LogP) is 1.38. The molecule has 4 rings (SSSR count). The largest absolute Gasteiger partial charge is 0.456 e. The van der Waals surface area contributed by atoms with Crippen LogP contribution in [0.15, 0.2) is 35.4 Å². The van der Waals surface area contributed by atoms with Gasteiger partial charge in [-0.2, -0.15) is 5.10 Å². The van der Waals surface area contributed by atoms with Crippen LogP contribution in [0.4, 0.5) is 0 Å². The number of esters is 1. The summed E-state index contributed by atoms with van der Waals surface area (Å²) in [6.07, 6.45) is 4.84. The van der Waals surface area contributed by atoms with Gasteiger partial charge in [0.1, 0.15) is 18.6 Å². The number of nitrogens with one attached hydrogen (secondary N) is 1. The second-order valence-electron chi connectivity index (χ2n) is 6.98. The number of hydrogen-bond acceptors (Lipinski definition) is 6. The zero-order chi connectivity index (χ0) is 18.1. The smallest absolute Gasteiger partial charge is 0.355 e. The van der Waals surface area contributed by atoms with E-state index in [2.05, 4.69) is 10.5 Å². The summed E-state index contributed by atoms with van der Waals surface area (Å²) >= 11 is 0. The molecule has 2 heterocycles. The van der Waals surface area contributed by atoms with Gasteiger partial charge in [0, 0.05) is 6.04 Å². The summed E-state index contributed by atoms with van der Waals surface area (Å²) in [7, 11) is 0. The highest BCUT2D eigenvalue weighted by Crippen LogP contribution is 2.32. The van der Waals surface area contributed by atoms with Gasteiger partial charge in [-0.05, 0) is 18.4 Å². The average molecular weight is 355 g/mol. The van der Waals surface area contributed by atoms with Gasteiger partial charge in [-0.1, -0.05) is 49.6 Å². The first kappa shape index (κ1) is 16.8. The summed E-state index contributed by atoms with van der Waals surface area (Å²) < 4.78 is 5.29. The zero-order valence-electron chi connectivity index (χ0n) is 14.4. The van der Waals surface area contributed by atoms with Crippen molar-refractivity contribution in [2.24, 2.45) is 11.0 Å². The first-order valence-corrected chi connectivity index (χ1v) is 9.08. The van der Waals surface area contributed by atoms with Crippen LogP contribution in [-0.4, -0.2) is 40.5 Å². The van der Waals surface area contributed by atoms with Gasteiger partial charge >= 0.3 is 5.97 Å². The number of amides is 2. The maximum Gasteiger partial charge on any atom is 0.355 e. The summed E-state index contributed by atoms with van der Waals surface area (Å²) in [5, 5.41) is 3.94. The number of nitrogens with zero attached hydrogens (tertiary/aromatic N) is 2. The van der Waals surface area contributed by atoms with Crippen LogP contribution in [-0.2, 0) is 25.7 Å². The molecule has 1 aliphatic carbocycles. The molecule has 1 aromatic carbocycles. The third-order valence-corrected chi connectivity index (χ3v) is 5.32. The minimum Gasteiger partial charge on any atom is -0.456 e. The van der Waals surface area contributed by atoms with E-state index in [4.69, 9.17) is 4.74 Å². The number of fused-ring (bicyclic) bond motifs is 1. The van der Waals surface area contributed by atoms with Crippen LogP contribution in [0.25, 0.3) is 0 Å². The lowest BCUT2D eigenvalue weighted by molar-refractivity contribution is -0.144. The van der Waals surface area contributed by atoms with Crippen LogP contribution in [0.3, 0.4) is 0 Å². The Labute approximate surface area is 151 Å². The summed E-state index contributed by atoms with van der Waals surface area (Å²) in [5.74, 6) is -2.12. The van der Waals surface area contributed by atoms with Crippen molar-refractivity contribution in [1.82, 2.24) is 10.3 Å². The highest BCUT2D eigenvalue weighted by atomic mass is 16.5. The van der Waals surface area contributed by atoms with Crippen LogP contribution >= 0.6 is 0 Å². The fourth-order valence-corrected chi connectivity index (χ4v) is 3.98. The monoisotopic (exact) mass is 355 g/mol. The molecular weight excluding hydrogens is 334 g/mol. The first-order valence-electron chi connectivity index (χ1n) is 9.08. The molecule has 2 amide bonds. The Kier molecular flexibility index (Phi) is 4.44. The average Bonchev–Trinajstić information content (AvgIpc) is 3.22. The molecule has 1 N–H and O–H groups in total. The van der Waals surface area contributed by atoms with Gasteiger partial charge < -0.3 is 4.74 Å². The van der Waals surface area contributed by atoms with Gasteiger partial charge in [0.05, 0.1) is 0 Å². The number of imide groups is 1. The summed E-state index contributed by atoms with van der Waals surface area (Å²) in [6.45, 7) is 0.102. The van der Waals surface area contributed by atoms with Crippen molar-refractivity contribution in [3.05, 3.63) is 35.9 Å². The highest BCUT2D eigenvalue weighted by Gasteiger charge is 2.56. The molecule has 26 heavy (non-hydrogen) atoms. The third kappa shape index (κ3) is 2.87. The molecular formula is C19H21N3O4. The lowest BCUT2D eigenvalue weighted by atomic mass is 9.94. The van der Waals surface area contributed by atoms with Gasteiger partial charge in [-0.15, -0.1) is 0 Å². The van der Waals surface area contributed by atoms with Crippen molar-refractivity contribution >= 4 is 23.5 Å². The Hall–Kier alpha value is -2.70. The fraction of sp³-hybridized carbons (Fsp3) is 0.474. The normalized spacial score (nSPS) is 25.7. The van der Waals surface area contributed by atoms with Gasteiger partial charge in [-0.3, -0.25) is 19.9 Å². The van der Waals surface area contributed by atoms with E-state index in [0.29, 0.717) is 0 Å².